The van der Waals surface area contributed by atoms with Gasteiger partial charge in [-0.3, -0.25) is 9.69 Å². The fraction of sp³-hybridized carbons (Fsp3) is 0.632. The van der Waals surface area contributed by atoms with Crippen molar-refractivity contribution in [2.75, 3.05) is 13.1 Å². The van der Waals surface area contributed by atoms with E-state index in [1.807, 2.05) is 24.3 Å². The Kier molecular flexibility index (Phi) is 7.41. The third-order valence-electron chi connectivity index (χ3n) is 4.59. The first-order valence-corrected chi connectivity index (χ1v) is 9.14. The third-order valence-corrected chi connectivity index (χ3v) is 4.85. The normalized spacial score (nSPS) is 16.8. The molecule has 0 radical (unpaired) electrons. The van der Waals surface area contributed by atoms with Gasteiger partial charge in [0.15, 0.2) is 5.78 Å². The van der Waals surface area contributed by atoms with Crippen molar-refractivity contribution < 1.29 is 4.79 Å². The van der Waals surface area contributed by atoms with E-state index >= 15 is 0 Å². The van der Waals surface area contributed by atoms with Gasteiger partial charge >= 0.3 is 0 Å². The number of ketones is 1. The summed E-state index contributed by atoms with van der Waals surface area (Å²) in [7, 11) is 0. The van der Waals surface area contributed by atoms with Crippen LogP contribution in [-0.4, -0.2) is 29.8 Å². The summed E-state index contributed by atoms with van der Waals surface area (Å²) in [4.78, 5) is 15.3. The summed E-state index contributed by atoms with van der Waals surface area (Å²) in [6, 6.07) is 7.43. The van der Waals surface area contributed by atoms with Gasteiger partial charge in [-0.2, -0.15) is 0 Å². The molecule has 3 heteroatoms. The average molecular weight is 322 g/mol. The summed E-state index contributed by atoms with van der Waals surface area (Å²) in [5.41, 5.74) is 0.801. The van der Waals surface area contributed by atoms with Gasteiger partial charge in [0.2, 0.25) is 0 Å². The quantitative estimate of drug-likeness (QED) is 0.451. The first-order chi connectivity index (χ1) is 10.7. The first kappa shape index (κ1) is 17.5. The van der Waals surface area contributed by atoms with Crippen molar-refractivity contribution in [1.82, 2.24) is 4.90 Å². The molecule has 0 aliphatic carbocycles. The van der Waals surface area contributed by atoms with Crippen LogP contribution in [0, 0.1) is 0 Å². The Balaban J connectivity index is 1.96. The molecule has 1 aliphatic rings. The Hall–Kier alpha value is -0.860. The number of halogens is 1. The maximum atomic E-state index is 12.9. The topological polar surface area (TPSA) is 20.3 Å². The van der Waals surface area contributed by atoms with Crippen molar-refractivity contribution in [2.45, 2.75) is 64.3 Å². The molecular weight excluding hydrogens is 294 g/mol. The van der Waals surface area contributed by atoms with Gasteiger partial charge in [-0.05, 0) is 56.6 Å². The second-order valence-corrected chi connectivity index (χ2v) is 6.77. The van der Waals surface area contributed by atoms with E-state index in [0.717, 1.165) is 31.5 Å². The number of nitrogens with zero attached hydrogens (tertiary/aromatic N) is 1. The lowest BCUT2D eigenvalue weighted by Crippen LogP contribution is -2.39. The molecule has 0 bridgehead atoms. The Labute approximate surface area is 139 Å². The fourth-order valence-electron chi connectivity index (χ4n) is 3.28. The summed E-state index contributed by atoms with van der Waals surface area (Å²) in [5.74, 6) is 0.272. The smallest absolute Gasteiger partial charge is 0.179 e. The third kappa shape index (κ3) is 5.10. The SMILES string of the molecule is CCCCCCCC(C(=O)c1ccc(Cl)cc1)N1CCCC1. The van der Waals surface area contributed by atoms with E-state index in [2.05, 4.69) is 11.8 Å². The number of carbonyl (C=O) groups is 1. The molecule has 22 heavy (non-hydrogen) atoms. The number of hydrogen-bond acceptors (Lipinski definition) is 2. The number of carbonyl (C=O) groups excluding carboxylic acids is 1. The summed E-state index contributed by atoms with van der Waals surface area (Å²) in [6.07, 6.45) is 9.69. The van der Waals surface area contributed by atoms with Crippen LogP contribution in [0.15, 0.2) is 24.3 Å². The van der Waals surface area contributed by atoms with Crippen LogP contribution < -0.4 is 0 Å². The molecule has 0 amide bonds. The molecule has 1 saturated heterocycles. The van der Waals surface area contributed by atoms with Gasteiger partial charge in [-0.25, -0.2) is 0 Å². The maximum Gasteiger partial charge on any atom is 0.179 e. The van der Waals surface area contributed by atoms with E-state index in [-0.39, 0.29) is 11.8 Å². The van der Waals surface area contributed by atoms with Crippen molar-refractivity contribution in [2.24, 2.45) is 0 Å². The minimum absolute atomic E-state index is 0.0605. The first-order valence-electron chi connectivity index (χ1n) is 8.76. The molecule has 2 nitrogen and oxygen atoms in total. The minimum atomic E-state index is 0.0605. The fourth-order valence-corrected chi connectivity index (χ4v) is 3.41. The monoisotopic (exact) mass is 321 g/mol. The summed E-state index contributed by atoms with van der Waals surface area (Å²) in [5, 5.41) is 0.689. The molecule has 1 aromatic rings. The number of unbranched alkanes of at least 4 members (excludes halogenated alkanes) is 4. The summed E-state index contributed by atoms with van der Waals surface area (Å²) < 4.78 is 0. The number of benzene rings is 1. The van der Waals surface area contributed by atoms with Gasteiger partial charge in [-0.1, -0.05) is 50.6 Å². The van der Waals surface area contributed by atoms with E-state index in [1.54, 1.807) is 0 Å². The van der Waals surface area contributed by atoms with Gasteiger partial charge in [0.25, 0.3) is 0 Å². The van der Waals surface area contributed by atoms with Crippen molar-refractivity contribution in [1.29, 1.82) is 0 Å². The zero-order valence-corrected chi connectivity index (χ0v) is 14.4. The van der Waals surface area contributed by atoms with E-state index in [1.165, 1.54) is 38.5 Å². The predicted octanol–water partition coefficient (Wildman–Crippen LogP) is 5.35. The van der Waals surface area contributed by atoms with Crippen LogP contribution >= 0.6 is 11.6 Å². The highest BCUT2D eigenvalue weighted by atomic mass is 35.5. The van der Waals surface area contributed by atoms with Crippen LogP contribution in [0.1, 0.15) is 68.6 Å². The molecule has 0 N–H and O–H groups in total. The van der Waals surface area contributed by atoms with Gasteiger partial charge in [0.1, 0.15) is 0 Å². The van der Waals surface area contributed by atoms with E-state index in [0.29, 0.717) is 5.02 Å². The molecule has 1 aromatic carbocycles. The minimum Gasteiger partial charge on any atom is -0.293 e. The molecule has 122 valence electrons. The van der Waals surface area contributed by atoms with Crippen molar-refractivity contribution >= 4 is 17.4 Å². The lowest BCUT2D eigenvalue weighted by atomic mass is 9.97. The largest absolute Gasteiger partial charge is 0.293 e. The molecule has 1 fully saturated rings. The molecule has 2 rings (SSSR count). The van der Waals surface area contributed by atoms with Gasteiger partial charge < -0.3 is 0 Å². The number of hydrogen-bond donors (Lipinski definition) is 0. The van der Waals surface area contributed by atoms with Crippen LogP contribution in [0.4, 0.5) is 0 Å². The van der Waals surface area contributed by atoms with E-state index < -0.39 is 0 Å². The molecule has 1 aliphatic heterocycles. The molecule has 1 heterocycles. The molecule has 0 aromatic heterocycles. The highest BCUT2D eigenvalue weighted by Crippen LogP contribution is 2.21. The van der Waals surface area contributed by atoms with Crippen LogP contribution in [0.2, 0.25) is 5.02 Å². The van der Waals surface area contributed by atoms with Crippen molar-refractivity contribution in [3.63, 3.8) is 0 Å². The number of likely N-dealkylation sites (tertiary alicyclic amines) is 1. The number of Topliss-reactive ketones (excluding diaryl/α,β-unsaturated/α-hetero) is 1. The molecule has 1 unspecified atom stereocenters. The van der Waals surface area contributed by atoms with Crippen LogP contribution in [0.5, 0.6) is 0 Å². The van der Waals surface area contributed by atoms with E-state index in [9.17, 15) is 4.79 Å². The van der Waals surface area contributed by atoms with Crippen molar-refractivity contribution in [3.05, 3.63) is 34.9 Å². The van der Waals surface area contributed by atoms with Crippen LogP contribution in [0.3, 0.4) is 0 Å². The maximum absolute atomic E-state index is 12.9. The molecule has 0 saturated carbocycles. The molecular formula is C19H28ClNO. The van der Waals surface area contributed by atoms with Gasteiger partial charge in [-0.15, -0.1) is 0 Å². The summed E-state index contributed by atoms with van der Waals surface area (Å²) >= 11 is 5.93. The Bertz CT molecular complexity index is 451. The second kappa shape index (κ2) is 9.32. The Morgan fingerprint density at radius 2 is 1.73 bits per heavy atom. The Morgan fingerprint density at radius 1 is 1.09 bits per heavy atom. The molecule has 1 atom stereocenters. The average Bonchev–Trinajstić information content (AvgIpc) is 3.05. The van der Waals surface area contributed by atoms with E-state index in [4.69, 9.17) is 11.6 Å². The van der Waals surface area contributed by atoms with Gasteiger partial charge in [0.05, 0.1) is 6.04 Å². The van der Waals surface area contributed by atoms with Gasteiger partial charge in [0, 0.05) is 10.6 Å². The highest BCUT2D eigenvalue weighted by Gasteiger charge is 2.28. The highest BCUT2D eigenvalue weighted by molar-refractivity contribution is 6.30. The summed E-state index contributed by atoms with van der Waals surface area (Å²) in [6.45, 7) is 4.37. The molecule has 0 spiro atoms. The standard InChI is InChI=1S/C19H28ClNO/c1-2-3-4-5-6-9-18(21-14-7-8-15-21)19(22)16-10-12-17(20)13-11-16/h10-13,18H,2-9,14-15H2,1H3. The number of rotatable bonds is 9. The zero-order chi connectivity index (χ0) is 15.8. The lowest BCUT2D eigenvalue weighted by molar-refractivity contribution is 0.0834. The lowest BCUT2D eigenvalue weighted by Gasteiger charge is -2.26. The zero-order valence-electron chi connectivity index (χ0n) is 13.7. The Morgan fingerprint density at radius 3 is 2.36 bits per heavy atom. The van der Waals surface area contributed by atoms with Crippen LogP contribution in [-0.2, 0) is 0 Å². The van der Waals surface area contributed by atoms with Crippen molar-refractivity contribution in [3.8, 4) is 0 Å². The van der Waals surface area contributed by atoms with Crippen LogP contribution in [0.25, 0.3) is 0 Å². The predicted molar refractivity (Wildman–Crippen MR) is 93.8 cm³/mol. The second-order valence-electron chi connectivity index (χ2n) is 6.33.